The largest absolute Gasteiger partial charge is 0.493 e. The molecule has 0 aliphatic carbocycles. The number of benzene rings is 2. The number of hydrogen-bond donors (Lipinski definition) is 1. The van der Waals surface area contributed by atoms with Crippen LogP contribution in [0.4, 0.5) is 0 Å². The van der Waals surface area contributed by atoms with Gasteiger partial charge in [0, 0.05) is 22.7 Å². The monoisotopic (exact) mass is 410 g/mol. The molecule has 1 N–H and O–H groups in total. The van der Waals surface area contributed by atoms with Crippen LogP contribution in [0.25, 0.3) is 17.0 Å². The molecule has 142 valence electrons. The molecular weight excluding hydrogens is 392 g/mol. The van der Waals surface area contributed by atoms with E-state index in [1.807, 2.05) is 48.7 Å². The molecule has 5 nitrogen and oxygen atoms in total. The Morgan fingerprint density at radius 2 is 1.89 bits per heavy atom. The molecule has 0 unspecified atom stereocenters. The van der Waals surface area contributed by atoms with E-state index < -0.39 is 0 Å². The van der Waals surface area contributed by atoms with Crippen molar-refractivity contribution in [2.75, 3.05) is 13.7 Å². The predicted molar refractivity (Wildman–Crippen MR) is 117 cm³/mol. The van der Waals surface area contributed by atoms with Gasteiger partial charge in [0.05, 0.1) is 18.6 Å². The molecule has 7 heteroatoms. The van der Waals surface area contributed by atoms with E-state index in [2.05, 4.69) is 22.0 Å². The van der Waals surface area contributed by atoms with E-state index in [0.717, 1.165) is 22.2 Å². The fourth-order valence-corrected chi connectivity index (χ4v) is 4.16. The lowest BCUT2D eigenvalue weighted by atomic mass is 10.1. The lowest BCUT2D eigenvalue weighted by Gasteiger charge is -2.11. The number of amides is 1. The lowest BCUT2D eigenvalue weighted by Crippen LogP contribution is -2.17. The minimum absolute atomic E-state index is 0.147. The highest BCUT2D eigenvalue weighted by molar-refractivity contribution is 8.26. The van der Waals surface area contributed by atoms with E-state index in [4.69, 9.17) is 21.7 Å². The minimum atomic E-state index is -0.147. The van der Waals surface area contributed by atoms with E-state index in [0.29, 0.717) is 28.1 Å². The van der Waals surface area contributed by atoms with Gasteiger partial charge in [-0.05, 0) is 24.3 Å². The Morgan fingerprint density at radius 3 is 2.64 bits per heavy atom. The Balaban J connectivity index is 1.57. The normalized spacial score (nSPS) is 15.2. The fraction of sp³-hybridized carbons (Fsp3) is 0.143. The average molecular weight is 411 g/mol. The van der Waals surface area contributed by atoms with Gasteiger partial charge in [-0.2, -0.15) is 0 Å². The van der Waals surface area contributed by atoms with Crippen molar-refractivity contribution in [2.24, 2.45) is 0 Å². The van der Waals surface area contributed by atoms with E-state index >= 15 is 0 Å². The van der Waals surface area contributed by atoms with Crippen LogP contribution in [0.3, 0.4) is 0 Å². The summed E-state index contributed by atoms with van der Waals surface area (Å²) >= 11 is 6.36. The molecule has 2 heterocycles. The van der Waals surface area contributed by atoms with E-state index in [1.165, 1.54) is 11.8 Å². The number of para-hydroxylation sites is 3. The van der Waals surface area contributed by atoms with Crippen LogP contribution in [0, 0.1) is 0 Å². The van der Waals surface area contributed by atoms with E-state index in [-0.39, 0.29) is 5.91 Å². The molecule has 1 saturated heterocycles. The number of nitrogens with one attached hydrogen (secondary N) is 1. The molecule has 1 aliphatic rings. The van der Waals surface area contributed by atoms with Crippen molar-refractivity contribution in [1.29, 1.82) is 0 Å². The number of thiocarbonyl (C=S) groups is 1. The van der Waals surface area contributed by atoms with E-state index in [9.17, 15) is 4.79 Å². The fourth-order valence-electron chi connectivity index (χ4n) is 3.13. The van der Waals surface area contributed by atoms with Crippen LogP contribution < -0.4 is 14.8 Å². The Labute approximate surface area is 172 Å². The van der Waals surface area contributed by atoms with Crippen molar-refractivity contribution in [3.05, 3.63) is 65.2 Å². The summed E-state index contributed by atoms with van der Waals surface area (Å²) in [7, 11) is 1.63. The summed E-state index contributed by atoms with van der Waals surface area (Å²) in [6, 6.07) is 15.7. The third kappa shape index (κ3) is 3.76. The zero-order chi connectivity index (χ0) is 19.5. The van der Waals surface area contributed by atoms with Crippen molar-refractivity contribution < 1.29 is 14.3 Å². The van der Waals surface area contributed by atoms with Gasteiger partial charge < -0.3 is 19.4 Å². The summed E-state index contributed by atoms with van der Waals surface area (Å²) < 4.78 is 13.9. The Kier molecular flexibility index (Phi) is 5.36. The van der Waals surface area contributed by atoms with Crippen LogP contribution >= 0.6 is 24.0 Å². The first-order valence-corrected chi connectivity index (χ1v) is 9.97. The highest BCUT2D eigenvalue weighted by Crippen LogP contribution is 2.30. The number of rotatable bonds is 6. The molecule has 0 saturated carbocycles. The summed E-state index contributed by atoms with van der Waals surface area (Å²) in [5, 5.41) is 3.74. The standard InChI is InChI=1S/C21H18N2O3S2/c1-25-17-8-4-5-9-18(17)26-11-10-23-13-14(15-6-2-3-7-16(15)23)12-19-20(24)22-21(27)28-19/h2-9,12-13H,10-11H2,1H3,(H,22,24,27)/b19-12+. The van der Waals surface area contributed by atoms with Gasteiger partial charge in [-0.25, -0.2) is 0 Å². The number of thioether (sulfide) groups is 1. The molecule has 0 radical (unpaired) electrons. The maximum Gasteiger partial charge on any atom is 0.263 e. The number of aromatic nitrogens is 1. The van der Waals surface area contributed by atoms with E-state index in [1.54, 1.807) is 7.11 Å². The van der Waals surface area contributed by atoms with Crippen LogP contribution in [0.1, 0.15) is 5.56 Å². The molecule has 1 aromatic heterocycles. The number of hydrogen-bond acceptors (Lipinski definition) is 5. The second-order valence-corrected chi connectivity index (χ2v) is 7.87. The highest BCUT2D eigenvalue weighted by Gasteiger charge is 2.22. The average Bonchev–Trinajstić information content (AvgIpc) is 3.22. The van der Waals surface area contributed by atoms with Gasteiger partial charge in [0.2, 0.25) is 0 Å². The zero-order valence-electron chi connectivity index (χ0n) is 15.2. The van der Waals surface area contributed by atoms with Crippen LogP contribution in [0.15, 0.2) is 59.6 Å². The number of fused-ring (bicyclic) bond motifs is 1. The summed E-state index contributed by atoms with van der Waals surface area (Å²) in [5.74, 6) is 1.29. The topological polar surface area (TPSA) is 52.5 Å². The second-order valence-electron chi connectivity index (χ2n) is 6.15. The van der Waals surface area contributed by atoms with Crippen LogP contribution in [0.5, 0.6) is 11.5 Å². The second kappa shape index (κ2) is 8.08. The van der Waals surface area contributed by atoms with Gasteiger partial charge >= 0.3 is 0 Å². The molecule has 0 bridgehead atoms. The first-order valence-electron chi connectivity index (χ1n) is 8.74. The summed E-state index contributed by atoms with van der Waals surface area (Å²) in [6.07, 6.45) is 3.93. The molecule has 1 amide bonds. The van der Waals surface area contributed by atoms with Gasteiger partial charge in [0.15, 0.2) is 11.5 Å². The Bertz CT molecular complexity index is 1090. The van der Waals surface area contributed by atoms with Crippen molar-refractivity contribution in [1.82, 2.24) is 9.88 Å². The molecule has 1 aliphatic heterocycles. The number of carbonyl (C=O) groups is 1. The van der Waals surface area contributed by atoms with Crippen molar-refractivity contribution in [3.8, 4) is 11.5 Å². The Hall–Kier alpha value is -2.77. The molecule has 0 spiro atoms. The third-order valence-corrected chi connectivity index (χ3v) is 5.57. The summed E-state index contributed by atoms with van der Waals surface area (Å²) in [5.41, 5.74) is 2.07. The molecular formula is C21H18N2O3S2. The minimum Gasteiger partial charge on any atom is -0.493 e. The molecule has 28 heavy (non-hydrogen) atoms. The number of carbonyl (C=O) groups excluding carboxylic acids is 1. The molecule has 4 rings (SSSR count). The number of nitrogens with zero attached hydrogens (tertiary/aromatic N) is 1. The molecule has 1 fully saturated rings. The zero-order valence-corrected chi connectivity index (χ0v) is 16.8. The van der Waals surface area contributed by atoms with Crippen LogP contribution in [-0.4, -0.2) is 28.5 Å². The number of methoxy groups -OCH3 is 1. The molecule has 3 aromatic rings. The van der Waals surface area contributed by atoms with Gasteiger partial charge in [0.1, 0.15) is 10.9 Å². The van der Waals surface area contributed by atoms with Crippen molar-refractivity contribution in [3.63, 3.8) is 0 Å². The first kappa shape index (κ1) is 18.6. The van der Waals surface area contributed by atoms with Crippen LogP contribution in [-0.2, 0) is 11.3 Å². The smallest absolute Gasteiger partial charge is 0.263 e. The Morgan fingerprint density at radius 1 is 1.14 bits per heavy atom. The maximum absolute atomic E-state index is 12.0. The third-order valence-electron chi connectivity index (χ3n) is 4.41. The SMILES string of the molecule is COc1ccccc1OCCn1cc(/C=C2/SC(=S)NC2=O)c2ccccc21. The van der Waals surface area contributed by atoms with Gasteiger partial charge in [-0.3, -0.25) is 4.79 Å². The van der Waals surface area contributed by atoms with Crippen LogP contribution in [0.2, 0.25) is 0 Å². The highest BCUT2D eigenvalue weighted by atomic mass is 32.2. The van der Waals surface area contributed by atoms with Gasteiger partial charge in [0.25, 0.3) is 5.91 Å². The quantitative estimate of drug-likeness (QED) is 0.487. The summed E-state index contributed by atoms with van der Waals surface area (Å²) in [4.78, 5) is 12.6. The maximum atomic E-state index is 12.0. The predicted octanol–water partition coefficient (Wildman–Crippen LogP) is 4.22. The first-order chi connectivity index (χ1) is 13.7. The van der Waals surface area contributed by atoms with Crippen molar-refractivity contribution >= 4 is 51.2 Å². The summed E-state index contributed by atoms with van der Waals surface area (Å²) in [6.45, 7) is 1.16. The van der Waals surface area contributed by atoms with Gasteiger partial charge in [-0.1, -0.05) is 54.3 Å². The lowest BCUT2D eigenvalue weighted by molar-refractivity contribution is -0.115. The number of ether oxygens (including phenoxy) is 2. The molecule has 0 atom stereocenters. The van der Waals surface area contributed by atoms with Gasteiger partial charge in [-0.15, -0.1) is 0 Å². The van der Waals surface area contributed by atoms with Crippen molar-refractivity contribution in [2.45, 2.75) is 6.54 Å². The molecule has 2 aromatic carbocycles.